The number of likely N-dealkylation sites (tertiary alicyclic amines) is 1. The molecule has 0 aliphatic carbocycles. The molecular weight excluding hydrogens is 458 g/mol. The van der Waals surface area contributed by atoms with E-state index in [4.69, 9.17) is 16.7 Å². The number of thiophene rings is 1. The Balaban J connectivity index is 1.68. The molecule has 0 saturated carbocycles. The highest BCUT2D eigenvalue weighted by Gasteiger charge is 2.37. The minimum Gasteiger partial charge on any atom is -0.365 e. The number of aromatic nitrogens is 2. The zero-order chi connectivity index (χ0) is 23.7. The quantitative estimate of drug-likeness (QED) is 0.556. The number of carbonyl (C=O) groups is 2. The summed E-state index contributed by atoms with van der Waals surface area (Å²) in [6, 6.07) is 13.0. The van der Waals surface area contributed by atoms with Crippen LogP contribution in [0.4, 0.5) is 10.6 Å². The highest BCUT2D eigenvalue weighted by Crippen LogP contribution is 2.36. The maximum Gasteiger partial charge on any atom is 0.319 e. The van der Waals surface area contributed by atoms with Crippen LogP contribution in [0.3, 0.4) is 0 Å². The molecule has 2 unspecified atom stereocenters. The van der Waals surface area contributed by atoms with E-state index in [9.17, 15) is 9.59 Å². The summed E-state index contributed by atoms with van der Waals surface area (Å²) < 4.78 is 2.20. The van der Waals surface area contributed by atoms with Crippen molar-refractivity contribution >= 4 is 40.7 Å². The van der Waals surface area contributed by atoms with Crippen molar-refractivity contribution < 1.29 is 9.59 Å². The van der Waals surface area contributed by atoms with E-state index in [2.05, 4.69) is 12.2 Å². The fourth-order valence-electron chi connectivity index (χ4n) is 4.30. The van der Waals surface area contributed by atoms with Gasteiger partial charge in [-0.25, -0.2) is 4.79 Å². The van der Waals surface area contributed by atoms with E-state index in [0.717, 1.165) is 20.5 Å². The van der Waals surface area contributed by atoms with Crippen molar-refractivity contribution in [3.05, 3.63) is 68.5 Å². The largest absolute Gasteiger partial charge is 0.365 e. The third-order valence-electron chi connectivity index (χ3n) is 6.05. The van der Waals surface area contributed by atoms with Gasteiger partial charge in [-0.3, -0.25) is 4.79 Å². The summed E-state index contributed by atoms with van der Waals surface area (Å²) in [7, 11) is 3.52. The average Bonchev–Trinajstić information content (AvgIpc) is 3.48. The van der Waals surface area contributed by atoms with Crippen LogP contribution in [0.15, 0.2) is 42.5 Å². The van der Waals surface area contributed by atoms with Gasteiger partial charge < -0.3 is 15.1 Å². The Hall–Kier alpha value is -2.84. The lowest BCUT2D eigenvalue weighted by Crippen LogP contribution is -2.37. The Kier molecular flexibility index (Phi) is 6.76. The minimum absolute atomic E-state index is 0.00489. The number of nitrogens with zero attached hydrogens (tertiary/aromatic N) is 4. The van der Waals surface area contributed by atoms with Crippen LogP contribution in [0.1, 0.15) is 39.3 Å². The molecule has 3 aromatic rings. The standard InChI is InChI=1S/C24H28ClN5O2S/c1-15-13-29(24(32)28(3)4)14-19(15)21-16(2)22(26-12-18-10-11-20(25)33-18)30(27-21)23(31)17-8-6-5-7-9-17/h5-11,15,19,26H,12-14H2,1-4H3. The van der Waals surface area contributed by atoms with Gasteiger partial charge in [0, 0.05) is 49.1 Å². The number of amides is 2. The monoisotopic (exact) mass is 485 g/mol. The van der Waals surface area contributed by atoms with Crippen molar-refractivity contribution in [2.75, 3.05) is 32.5 Å². The lowest BCUT2D eigenvalue weighted by Gasteiger charge is -2.21. The van der Waals surface area contributed by atoms with Crippen LogP contribution >= 0.6 is 22.9 Å². The molecule has 1 aromatic carbocycles. The second-order valence-electron chi connectivity index (χ2n) is 8.67. The van der Waals surface area contributed by atoms with E-state index in [1.54, 1.807) is 31.1 Å². The first kappa shape index (κ1) is 23.3. The molecule has 2 aromatic heterocycles. The molecular formula is C24H28ClN5O2S. The van der Waals surface area contributed by atoms with Crippen LogP contribution in [-0.2, 0) is 6.54 Å². The molecule has 0 spiro atoms. The summed E-state index contributed by atoms with van der Waals surface area (Å²) in [6.45, 7) is 5.90. The number of benzene rings is 1. The maximum absolute atomic E-state index is 13.4. The molecule has 2 amide bonds. The number of rotatable bonds is 5. The summed E-state index contributed by atoms with van der Waals surface area (Å²) in [4.78, 5) is 30.4. The summed E-state index contributed by atoms with van der Waals surface area (Å²) in [5.74, 6) is 0.763. The topological polar surface area (TPSA) is 70.5 Å². The molecule has 174 valence electrons. The molecule has 1 aliphatic rings. The predicted molar refractivity (Wildman–Crippen MR) is 132 cm³/mol. The lowest BCUT2D eigenvalue weighted by atomic mass is 9.92. The third-order valence-corrected chi connectivity index (χ3v) is 7.28. The summed E-state index contributed by atoms with van der Waals surface area (Å²) in [5.41, 5.74) is 2.35. The van der Waals surface area contributed by atoms with Crippen molar-refractivity contribution in [3.8, 4) is 0 Å². The molecule has 9 heteroatoms. The van der Waals surface area contributed by atoms with E-state index in [1.165, 1.54) is 16.0 Å². The molecule has 0 radical (unpaired) electrons. The van der Waals surface area contributed by atoms with Gasteiger partial charge in [-0.05, 0) is 37.1 Å². The van der Waals surface area contributed by atoms with Crippen LogP contribution in [0.2, 0.25) is 4.34 Å². The van der Waals surface area contributed by atoms with E-state index in [-0.39, 0.29) is 23.8 Å². The molecule has 33 heavy (non-hydrogen) atoms. The van der Waals surface area contributed by atoms with E-state index in [1.807, 2.05) is 42.2 Å². The van der Waals surface area contributed by atoms with Crippen LogP contribution in [0, 0.1) is 12.8 Å². The van der Waals surface area contributed by atoms with Gasteiger partial charge in [0.25, 0.3) is 5.91 Å². The zero-order valence-corrected chi connectivity index (χ0v) is 20.8. The van der Waals surface area contributed by atoms with E-state index in [0.29, 0.717) is 31.0 Å². The van der Waals surface area contributed by atoms with Crippen LogP contribution in [0.5, 0.6) is 0 Å². The fraction of sp³-hybridized carbons (Fsp3) is 0.375. The molecule has 1 aliphatic heterocycles. The summed E-state index contributed by atoms with van der Waals surface area (Å²) >= 11 is 7.59. The van der Waals surface area contributed by atoms with Gasteiger partial charge >= 0.3 is 6.03 Å². The number of carbonyl (C=O) groups excluding carboxylic acids is 2. The highest BCUT2D eigenvalue weighted by molar-refractivity contribution is 7.16. The number of urea groups is 1. The Morgan fingerprint density at radius 3 is 2.55 bits per heavy atom. The summed E-state index contributed by atoms with van der Waals surface area (Å²) in [5, 5.41) is 8.22. The van der Waals surface area contributed by atoms with Crippen LogP contribution in [0.25, 0.3) is 0 Å². The minimum atomic E-state index is -0.191. The van der Waals surface area contributed by atoms with Crippen LogP contribution < -0.4 is 5.32 Å². The van der Waals surface area contributed by atoms with Gasteiger partial charge in [0.15, 0.2) is 0 Å². The number of anilines is 1. The van der Waals surface area contributed by atoms with E-state index >= 15 is 0 Å². The zero-order valence-electron chi connectivity index (χ0n) is 19.2. The van der Waals surface area contributed by atoms with Crippen molar-refractivity contribution in [2.24, 2.45) is 5.92 Å². The van der Waals surface area contributed by atoms with Crippen LogP contribution in [-0.4, -0.2) is 58.7 Å². The summed E-state index contributed by atoms with van der Waals surface area (Å²) in [6.07, 6.45) is 0. The van der Waals surface area contributed by atoms with Crippen molar-refractivity contribution in [1.29, 1.82) is 0 Å². The number of halogens is 1. The molecule has 2 atom stereocenters. The van der Waals surface area contributed by atoms with Gasteiger partial charge in [-0.2, -0.15) is 9.78 Å². The third kappa shape index (κ3) is 4.77. The normalized spacial score (nSPS) is 17.9. The smallest absolute Gasteiger partial charge is 0.319 e. The molecule has 3 heterocycles. The van der Waals surface area contributed by atoms with Gasteiger partial charge in [-0.15, -0.1) is 11.3 Å². The predicted octanol–water partition coefficient (Wildman–Crippen LogP) is 4.92. The Bertz CT molecular complexity index is 1160. The number of hydrogen-bond acceptors (Lipinski definition) is 5. The van der Waals surface area contributed by atoms with Gasteiger partial charge in [-0.1, -0.05) is 36.7 Å². The number of nitrogens with one attached hydrogen (secondary N) is 1. The molecule has 7 nitrogen and oxygen atoms in total. The van der Waals surface area contributed by atoms with Gasteiger partial charge in [0.2, 0.25) is 0 Å². The SMILES string of the molecule is Cc1c(C2CN(C(=O)N(C)C)CC2C)nn(C(=O)c2ccccc2)c1NCc1ccc(Cl)s1. The Labute approximate surface area is 202 Å². The lowest BCUT2D eigenvalue weighted by molar-refractivity contribution is 0.0946. The molecule has 0 bridgehead atoms. The second-order valence-corrected chi connectivity index (χ2v) is 10.5. The number of hydrogen-bond donors (Lipinski definition) is 1. The fourth-order valence-corrected chi connectivity index (χ4v) is 5.33. The molecule has 4 rings (SSSR count). The van der Waals surface area contributed by atoms with Gasteiger partial charge in [0.1, 0.15) is 5.82 Å². The first-order chi connectivity index (χ1) is 15.8. The molecule has 1 fully saturated rings. The average molecular weight is 486 g/mol. The maximum atomic E-state index is 13.4. The van der Waals surface area contributed by atoms with Gasteiger partial charge in [0.05, 0.1) is 16.6 Å². The first-order valence-corrected chi connectivity index (χ1v) is 12.1. The van der Waals surface area contributed by atoms with E-state index < -0.39 is 0 Å². The van der Waals surface area contributed by atoms with Crippen molar-refractivity contribution in [2.45, 2.75) is 26.3 Å². The molecule has 1 saturated heterocycles. The first-order valence-electron chi connectivity index (χ1n) is 10.9. The Morgan fingerprint density at radius 2 is 1.91 bits per heavy atom. The Morgan fingerprint density at radius 1 is 1.18 bits per heavy atom. The van der Waals surface area contributed by atoms with Crippen molar-refractivity contribution in [3.63, 3.8) is 0 Å². The molecule has 1 N–H and O–H groups in total. The van der Waals surface area contributed by atoms with Crippen molar-refractivity contribution in [1.82, 2.24) is 19.6 Å². The second kappa shape index (κ2) is 9.57. The highest BCUT2D eigenvalue weighted by atomic mass is 35.5.